The van der Waals surface area contributed by atoms with Crippen LogP contribution < -0.4 is 10.6 Å². The highest BCUT2D eigenvalue weighted by Gasteiger charge is 2.45. The van der Waals surface area contributed by atoms with Gasteiger partial charge in [0.25, 0.3) is 0 Å². The minimum absolute atomic E-state index is 0.172. The Morgan fingerprint density at radius 3 is 2.46 bits per heavy atom. The number of likely N-dealkylation sites (tertiary alicyclic amines) is 1. The molecule has 0 saturated carbocycles. The van der Waals surface area contributed by atoms with Crippen molar-refractivity contribution in [2.45, 2.75) is 51.5 Å². The number of hydrogen-bond donors (Lipinski definition) is 1. The molecule has 0 unspecified atom stereocenters. The number of hydrogen-bond acceptors (Lipinski definition) is 6. The van der Waals surface area contributed by atoms with Crippen LogP contribution in [-0.2, 0) is 4.79 Å². The van der Waals surface area contributed by atoms with E-state index in [1.54, 1.807) is 10.8 Å². The largest absolute Gasteiger partial charge is 0.368 e. The average Bonchev–Trinajstić information content (AvgIpc) is 3.11. The number of amides is 1. The van der Waals surface area contributed by atoms with Crippen molar-refractivity contribution in [3.8, 4) is 0 Å². The molecule has 1 amide bonds. The number of nitrogens with zero attached hydrogens (tertiary/aromatic N) is 6. The first-order chi connectivity index (χ1) is 12.5. The molecule has 26 heavy (non-hydrogen) atoms. The first-order valence-corrected chi connectivity index (χ1v) is 9.50. The number of rotatable bonds is 3. The molecule has 140 valence electrons. The molecular formula is C18H27N7O. The lowest BCUT2D eigenvalue weighted by Gasteiger charge is -2.48. The third-order valence-corrected chi connectivity index (χ3v) is 6.22. The summed E-state index contributed by atoms with van der Waals surface area (Å²) in [6.07, 6.45) is 6.70. The van der Waals surface area contributed by atoms with Crippen LogP contribution in [0, 0.1) is 13.8 Å². The second-order valence-corrected chi connectivity index (χ2v) is 7.59. The third-order valence-electron chi connectivity index (χ3n) is 6.22. The fourth-order valence-corrected chi connectivity index (χ4v) is 4.55. The summed E-state index contributed by atoms with van der Waals surface area (Å²) in [4.78, 5) is 17.1. The van der Waals surface area contributed by atoms with Crippen molar-refractivity contribution in [1.82, 2.24) is 24.7 Å². The molecule has 8 nitrogen and oxygen atoms in total. The van der Waals surface area contributed by atoms with E-state index >= 15 is 0 Å². The quantitative estimate of drug-likeness (QED) is 0.883. The molecule has 0 bridgehead atoms. The van der Waals surface area contributed by atoms with E-state index in [0.29, 0.717) is 0 Å². The van der Waals surface area contributed by atoms with Crippen LogP contribution >= 0.6 is 0 Å². The van der Waals surface area contributed by atoms with Gasteiger partial charge in [0.15, 0.2) is 0 Å². The van der Waals surface area contributed by atoms with Crippen LogP contribution in [0.5, 0.6) is 0 Å². The number of primary amides is 1. The maximum atomic E-state index is 12.4. The van der Waals surface area contributed by atoms with Crippen molar-refractivity contribution < 1.29 is 4.79 Å². The van der Waals surface area contributed by atoms with E-state index in [1.807, 2.05) is 6.92 Å². The number of carbonyl (C=O) groups excluding carboxylic acids is 1. The standard InChI is InChI=1S/C18H27N7O/c1-13-14(2)22-25-12-20-21-16(25)15(13)23-10-6-18(7-11-23,17(19)26)24-8-4-3-5-9-24/h12H,3-11H2,1-2H3,(H2,19,26). The molecule has 2 aliphatic rings. The van der Waals surface area contributed by atoms with Crippen LogP contribution in [0.25, 0.3) is 5.65 Å². The molecule has 0 atom stereocenters. The van der Waals surface area contributed by atoms with Gasteiger partial charge in [0.1, 0.15) is 11.9 Å². The molecule has 4 rings (SSSR count). The van der Waals surface area contributed by atoms with Gasteiger partial charge >= 0.3 is 0 Å². The van der Waals surface area contributed by atoms with Crippen molar-refractivity contribution in [3.05, 3.63) is 17.6 Å². The maximum Gasteiger partial charge on any atom is 0.238 e. The lowest BCUT2D eigenvalue weighted by molar-refractivity contribution is -0.132. The zero-order valence-corrected chi connectivity index (χ0v) is 15.6. The van der Waals surface area contributed by atoms with Gasteiger partial charge in [0, 0.05) is 13.1 Å². The predicted octanol–water partition coefficient (Wildman–Crippen LogP) is 1.05. The summed E-state index contributed by atoms with van der Waals surface area (Å²) in [7, 11) is 0. The van der Waals surface area contributed by atoms with Crippen LogP contribution in [0.4, 0.5) is 5.69 Å². The zero-order valence-electron chi connectivity index (χ0n) is 15.6. The van der Waals surface area contributed by atoms with Crippen LogP contribution in [-0.4, -0.2) is 62.3 Å². The minimum atomic E-state index is -0.503. The molecule has 8 heteroatoms. The summed E-state index contributed by atoms with van der Waals surface area (Å²) in [5, 5.41) is 12.8. The van der Waals surface area contributed by atoms with E-state index in [4.69, 9.17) is 5.73 Å². The van der Waals surface area contributed by atoms with Gasteiger partial charge in [-0.15, -0.1) is 10.2 Å². The Kier molecular flexibility index (Phi) is 4.30. The normalized spacial score (nSPS) is 21.2. The second kappa shape index (κ2) is 6.50. The zero-order chi connectivity index (χ0) is 18.3. The van der Waals surface area contributed by atoms with Crippen molar-refractivity contribution in [2.75, 3.05) is 31.1 Å². The van der Waals surface area contributed by atoms with E-state index in [2.05, 4.69) is 32.0 Å². The molecule has 0 radical (unpaired) electrons. The average molecular weight is 357 g/mol. The Morgan fingerprint density at radius 1 is 1.12 bits per heavy atom. The van der Waals surface area contributed by atoms with Crippen LogP contribution in [0.15, 0.2) is 6.33 Å². The smallest absolute Gasteiger partial charge is 0.238 e. The number of aromatic nitrogens is 4. The second-order valence-electron chi connectivity index (χ2n) is 7.59. The molecule has 2 saturated heterocycles. The number of piperidine rings is 2. The lowest BCUT2D eigenvalue weighted by Crippen LogP contribution is -2.63. The van der Waals surface area contributed by atoms with E-state index in [0.717, 1.165) is 74.5 Å². The fourth-order valence-electron chi connectivity index (χ4n) is 4.55. The van der Waals surface area contributed by atoms with E-state index in [-0.39, 0.29) is 5.91 Å². The molecule has 2 aliphatic heterocycles. The first kappa shape index (κ1) is 17.2. The van der Waals surface area contributed by atoms with E-state index < -0.39 is 5.54 Å². The summed E-state index contributed by atoms with van der Waals surface area (Å²) in [5.41, 5.74) is 9.35. The Hall–Kier alpha value is -2.22. The molecule has 2 fully saturated rings. The predicted molar refractivity (Wildman–Crippen MR) is 99.1 cm³/mol. The lowest BCUT2D eigenvalue weighted by atomic mass is 9.83. The molecule has 0 aromatic carbocycles. The van der Waals surface area contributed by atoms with Crippen molar-refractivity contribution >= 4 is 17.2 Å². The third kappa shape index (κ3) is 2.63. The van der Waals surface area contributed by atoms with Gasteiger partial charge in [0.2, 0.25) is 11.6 Å². The van der Waals surface area contributed by atoms with Gasteiger partial charge in [-0.3, -0.25) is 9.69 Å². The first-order valence-electron chi connectivity index (χ1n) is 9.50. The van der Waals surface area contributed by atoms with Crippen LogP contribution in [0.2, 0.25) is 0 Å². The van der Waals surface area contributed by atoms with Gasteiger partial charge in [-0.05, 0) is 58.2 Å². The monoisotopic (exact) mass is 357 g/mol. The SMILES string of the molecule is Cc1nn2cnnc2c(N2CCC(C(N)=O)(N3CCCCC3)CC2)c1C. The number of carbonyl (C=O) groups is 1. The molecule has 4 heterocycles. The number of fused-ring (bicyclic) bond motifs is 1. The molecule has 2 aromatic heterocycles. The van der Waals surface area contributed by atoms with Crippen molar-refractivity contribution in [2.24, 2.45) is 5.73 Å². The molecule has 2 aromatic rings. The highest BCUT2D eigenvalue weighted by atomic mass is 16.1. The molecular weight excluding hydrogens is 330 g/mol. The fraction of sp³-hybridized carbons (Fsp3) is 0.667. The van der Waals surface area contributed by atoms with Gasteiger partial charge in [-0.1, -0.05) is 6.42 Å². The Balaban J connectivity index is 1.63. The van der Waals surface area contributed by atoms with Crippen LogP contribution in [0.3, 0.4) is 0 Å². The summed E-state index contributed by atoms with van der Waals surface area (Å²) in [6, 6.07) is 0. The number of anilines is 1. The molecule has 0 aliphatic carbocycles. The van der Waals surface area contributed by atoms with Gasteiger partial charge in [-0.2, -0.15) is 9.61 Å². The van der Waals surface area contributed by atoms with Gasteiger partial charge < -0.3 is 10.6 Å². The van der Waals surface area contributed by atoms with E-state index in [1.165, 1.54) is 6.42 Å². The number of nitrogens with two attached hydrogens (primary N) is 1. The van der Waals surface area contributed by atoms with Crippen LogP contribution in [0.1, 0.15) is 43.4 Å². The topological polar surface area (TPSA) is 92.6 Å². The minimum Gasteiger partial charge on any atom is -0.368 e. The summed E-state index contributed by atoms with van der Waals surface area (Å²) in [6.45, 7) is 7.60. The molecule has 0 spiro atoms. The number of aryl methyl sites for hydroxylation is 1. The Morgan fingerprint density at radius 2 is 1.81 bits per heavy atom. The summed E-state index contributed by atoms with van der Waals surface area (Å²) >= 11 is 0. The summed E-state index contributed by atoms with van der Waals surface area (Å²) < 4.78 is 1.73. The Labute approximate surface area is 153 Å². The van der Waals surface area contributed by atoms with Gasteiger partial charge in [-0.25, -0.2) is 0 Å². The molecule has 2 N–H and O–H groups in total. The Bertz CT molecular complexity index is 816. The van der Waals surface area contributed by atoms with Gasteiger partial charge in [0.05, 0.1) is 11.4 Å². The van der Waals surface area contributed by atoms with E-state index in [9.17, 15) is 4.79 Å². The van der Waals surface area contributed by atoms with Crippen molar-refractivity contribution in [3.63, 3.8) is 0 Å². The maximum absolute atomic E-state index is 12.4. The highest BCUT2D eigenvalue weighted by molar-refractivity contribution is 5.85. The van der Waals surface area contributed by atoms with Crippen molar-refractivity contribution in [1.29, 1.82) is 0 Å². The highest BCUT2D eigenvalue weighted by Crippen LogP contribution is 2.35. The summed E-state index contributed by atoms with van der Waals surface area (Å²) in [5.74, 6) is -0.172.